The summed E-state index contributed by atoms with van der Waals surface area (Å²) in [7, 11) is 0.0105. The molecule has 2 aromatic rings. The molecule has 2 heterocycles. The Morgan fingerprint density at radius 1 is 1.17 bits per heavy atom. The molecule has 0 aliphatic carbocycles. The van der Waals surface area contributed by atoms with E-state index in [9.17, 15) is 24.0 Å². The van der Waals surface area contributed by atoms with Gasteiger partial charge in [0.2, 0.25) is 5.91 Å². The number of para-hydroxylation sites is 1. The molecule has 3 rings (SSSR count). The number of rotatable bonds is 9. The number of benzene rings is 1. The zero-order valence-electron chi connectivity index (χ0n) is 15.5. The van der Waals surface area contributed by atoms with E-state index in [4.69, 9.17) is 0 Å². The number of H-pyrrole nitrogens is 1. The third-order valence-corrected chi connectivity index (χ3v) is 4.52. The zero-order chi connectivity index (χ0) is 20.8. The summed E-state index contributed by atoms with van der Waals surface area (Å²) in [4.78, 5) is 62.3. The lowest BCUT2D eigenvalue weighted by Crippen LogP contribution is -2.49. The minimum atomic E-state index is -0.881. The Morgan fingerprint density at radius 3 is 2.62 bits per heavy atom. The summed E-state index contributed by atoms with van der Waals surface area (Å²) in [6.07, 6.45) is 4.49. The van der Waals surface area contributed by atoms with Gasteiger partial charge >= 0.3 is 0 Å². The molecule has 1 aromatic heterocycles. The van der Waals surface area contributed by atoms with Gasteiger partial charge in [0.1, 0.15) is 6.29 Å². The Bertz CT molecular complexity index is 985. The Hall–Kier alpha value is -3.62. The number of carbonyl (C=O) groups excluding carboxylic acids is 5. The Balaban J connectivity index is 1.44. The largest absolute Gasteiger partial charge is 0.400 e. The van der Waals surface area contributed by atoms with Crippen LogP contribution in [0.15, 0.2) is 42.6 Å². The van der Waals surface area contributed by atoms with Gasteiger partial charge in [-0.05, 0) is 23.1 Å². The van der Waals surface area contributed by atoms with Crippen molar-refractivity contribution in [3.63, 3.8) is 0 Å². The lowest BCUT2D eigenvalue weighted by Gasteiger charge is -2.15. The minimum Gasteiger partial charge on any atom is -0.400 e. The smallest absolute Gasteiger partial charge is 0.269 e. The molecule has 1 aliphatic rings. The van der Waals surface area contributed by atoms with Crippen molar-refractivity contribution in [2.75, 3.05) is 6.54 Å². The van der Waals surface area contributed by atoms with Crippen LogP contribution in [-0.2, 0) is 19.2 Å². The summed E-state index contributed by atoms with van der Waals surface area (Å²) in [5, 5.41) is 6.02. The van der Waals surface area contributed by atoms with Crippen molar-refractivity contribution in [3.05, 3.63) is 42.6 Å². The van der Waals surface area contributed by atoms with Crippen LogP contribution in [0.25, 0.3) is 10.9 Å². The topological polar surface area (TPSA) is 128 Å². The molecular weight excluding hydrogens is 374 g/mol. The van der Waals surface area contributed by atoms with Gasteiger partial charge in [-0.3, -0.25) is 24.1 Å². The van der Waals surface area contributed by atoms with Gasteiger partial charge in [0, 0.05) is 30.6 Å². The van der Waals surface area contributed by atoms with E-state index in [1.165, 1.54) is 0 Å². The standard InChI is InChI=1S/C18H18B2N4O5/c25-10-14(20-23-15(26)7-8-24-16(27)5-6-17(24)28)22-18(29)19-12-9-21-13-4-2-1-3-11(12)13/h1-6,9-10,14,19-21H,7-8H2,(H,22,29)(H,23,26). The van der Waals surface area contributed by atoms with Gasteiger partial charge in [0.05, 0.1) is 5.94 Å². The number of hydrogen-bond donors (Lipinski definition) is 3. The molecule has 9 nitrogen and oxygen atoms in total. The number of aldehydes is 1. The highest BCUT2D eigenvalue weighted by atomic mass is 16.2. The summed E-state index contributed by atoms with van der Waals surface area (Å²) in [5.74, 6) is -2.58. The van der Waals surface area contributed by atoms with Crippen molar-refractivity contribution in [3.8, 4) is 0 Å². The third kappa shape index (κ3) is 5.01. The van der Waals surface area contributed by atoms with Gasteiger partial charge in [0.25, 0.3) is 26.5 Å². The average molecular weight is 392 g/mol. The second-order valence-electron chi connectivity index (χ2n) is 6.56. The van der Waals surface area contributed by atoms with E-state index in [0.29, 0.717) is 6.29 Å². The zero-order valence-corrected chi connectivity index (χ0v) is 15.5. The van der Waals surface area contributed by atoms with Crippen molar-refractivity contribution in [1.82, 2.24) is 20.4 Å². The molecule has 0 spiro atoms. The fourth-order valence-corrected chi connectivity index (χ4v) is 3.02. The van der Waals surface area contributed by atoms with E-state index in [2.05, 4.69) is 15.5 Å². The third-order valence-electron chi connectivity index (χ3n) is 4.52. The van der Waals surface area contributed by atoms with Crippen LogP contribution in [0.1, 0.15) is 6.42 Å². The normalized spacial score (nSPS) is 14.0. The highest BCUT2D eigenvalue weighted by Crippen LogP contribution is 2.08. The first-order valence-corrected chi connectivity index (χ1v) is 9.08. The molecule has 1 aromatic carbocycles. The molecule has 1 atom stereocenters. The van der Waals surface area contributed by atoms with E-state index in [1.807, 2.05) is 24.3 Å². The van der Waals surface area contributed by atoms with Crippen molar-refractivity contribution in [1.29, 1.82) is 0 Å². The van der Waals surface area contributed by atoms with E-state index < -0.39 is 23.7 Å². The second-order valence-corrected chi connectivity index (χ2v) is 6.56. The van der Waals surface area contributed by atoms with Gasteiger partial charge in [-0.15, -0.1) is 0 Å². The lowest BCUT2D eigenvalue weighted by molar-refractivity contribution is -0.137. The summed E-state index contributed by atoms with van der Waals surface area (Å²) < 4.78 is 0. The molecule has 0 radical (unpaired) electrons. The lowest BCUT2D eigenvalue weighted by atomic mass is 9.68. The van der Waals surface area contributed by atoms with E-state index >= 15 is 0 Å². The first-order valence-electron chi connectivity index (χ1n) is 9.08. The quantitative estimate of drug-likeness (QED) is 0.265. The number of aromatic nitrogens is 1. The van der Waals surface area contributed by atoms with E-state index in [0.717, 1.165) is 33.4 Å². The molecule has 1 aliphatic heterocycles. The fraction of sp³-hybridized carbons (Fsp3) is 0.167. The fourth-order valence-electron chi connectivity index (χ4n) is 3.02. The van der Waals surface area contributed by atoms with Crippen molar-refractivity contribution in [2.24, 2.45) is 0 Å². The van der Waals surface area contributed by atoms with Gasteiger partial charge in [-0.25, -0.2) is 0 Å². The molecule has 29 heavy (non-hydrogen) atoms. The SMILES string of the molecule is O=CC(BNC(=O)CCN1C(=O)C=CC1=O)NC(=O)Bc1c[nH]c2ccccc12. The van der Waals surface area contributed by atoms with Crippen LogP contribution >= 0.6 is 0 Å². The summed E-state index contributed by atoms with van der Waals surface area (Å²) in [6.45, 7) is -0.0464. The maximum Gasteiger partial charge on any atom is 0.269 e. The maximum absolute atomic E-state index is 12.3. The summed E-state index contributed by atoms with van der Waals surface area (Å²) in [6, 6.07) is 7.57. The predicted molar refractivity (Wildman–Crippen MR) is 109 cm³/mol. The maximum atomic E-state index is 12.3. The number of fused-ring (bicyclic) bond motifs is 1. The Morgan fingerprint density at radius 2 is 1.90 bits per heavy atom. The molecule has 11 heteroatoms. The van der Waals surface area contributed by atoms with Gasteiger partial charge < -0.3 is 20.3 Å². The molecule has 0 fully saturated rings. The average Bonchev–Trinajstić information content (AvgIpc) is 3.26. The molecule has 3 N–H and O–H groups in total. The molecule has 146 valence electrons. The van der Waals surface area contributed by atoms with Crippen molar-refractivity contribution in [2.45, 2.75) is 12.4 Å². The summed E-state index contributed by atoms with van der Waals surface area (Å²) in [5.41, 5.74) is 1.72. The van der Waals surface area contributed by atoms with Gasteiger partial charge in [0.15, 0.2) is 5.81 Å². The molecule has 0 saturated heterocycles. The molecule has 4 amide bonds. The van der Waals surface area contributed by atoms with Crippen LogP contribution in [0.5, 0.6) is 0 Å². The minimum absolute atomic E-state index is 0.0464. The predicted octanol–water partition coefficient (Wildman–Crippen LogP) is -1.75. The first kappa shape index (κ1) is 20.1. The first-order chi connectivity index (χ1) is 14.0. The van der Waals surface area contributed by atoms with Crippen LogP contribution in [0.3, 0.4) is 0 Å². The van der Waals surface area contributed by atoms with Gasteiger partial charge in [-0.2, -0.15) is 0 Å². The second kappa shape index (κ2) is 9.05. The van der Waals surface area contributed by atoms with E-state index in [-0.39, 0.29) is 33.5 Å². The number of carbonyl (C=O) groups is 5. The molecule has 1 unspecified atom stereocenters. The number of nitrogens with one attached hydrogen (secondary N) is 3. The van der Waals surface area contributed by atoms with Crippen LogP contribution in [0.4, 0.5) is 4.79 Å². The Kier molecular flexibility index (Phi) is 6.28. The highest BCUT2D eigenvalue weighted by Gasteiger charge is 2.24. The highest BCUT2D eigenvalue weighted by molar-refractivity contribution is 6.85. The van der Waals surface area contributed by atoms with Crippen LogP contribution < -0.4 is 16.0 Å². The molecule has 0 saturated carbocycles. The number of aromatic amines is 1. The molecule has 0 bridgehead atoms. The number of amides is 4. The number of imide groups is 1. The van der Waals surface area contributed by atoms with Crippen LogP contribution in [0, 0.1) is 0 Å². The van der Waals surface area contributed by atoms with Crippen molar-refractivity contribution >= 4 is 60.9 Å². The van der Waals surface area contributed by atoms with Crippen molar-refractivity contribution < 1.29 is 24.0 Å². The molecular formula is C18H18B2N4O5. The number of hydrogen-bond acceptors (Lipinski definition) is 5. The number of nitrogens with zero attached hydrogens (tertiary/aromatic N) is 1. The summed E-state index contributed by atoms with van der Waals surface area (Å²) >= 11 is 0. The van der Waals surface area contributed by atoms with E-state index in [1.54, 1.807) is 6.20 Å². The Labute approximate surface area is 167 Å². The van der Waals surface area contributed by atoms with Crippen LogP contribution in [-0.4, -0.2) is 66.9 Å². The van der Waals surface area contributed by atoms with Crippen LogP contribution in [0.2, 0.25) is 0 Å². The monoisotopic (exact) mass is 392 g/mol. The van der Waals surface area contributed by atoms with Gasteiger partial charge in [-0.1, -0.05) is 18.2 Å².